The summed E-state index contributed by atoms with van der Waals surface area (Å²) in [4.78, 5) is 0. The molecule has 1 aliphatic carbocycles. The van der Waals surface area contributed by atoms with Crippen LogP contribution in [0.5, 0.6) is 0 Å². The van der Waals surface area contributed by atoms with Crippen molar-refractivity contribution < 1.29 is 10.2 Å². The maximum absolute atomic E-state index is 8.75. The van der Waals surface area contributed by atoms with Gasteiger partial charge in [0.05, 0.1) is 6.10 Å². The van der Waals surface area contributed by atoms with Crippen LogP contribution in [0.2, 0.25) is 0 Å². The van der Waals surface area contributed by atoms with E-state index in [4.69, 9.17) is 10.2 Å². The molecule has 0 aliphatic heterocycles. The molecule has 7 heavy (non-hydrogen) atoms. The van der Waals surface area contributed by atoms with Crippen LogP contribution in [0.25, 0.3) is 0 Å². The predicted molar refractivity (Wildman–Crippen MR) is 25.8 cm³/mol. The Morgan fingerprint density at radius 3 is 2.14 bits per heavy atom. The highest BCUT2D eigenvalue weighted by molar-refractivity contribution is 4.78. The Bertz CT molecular complexity index is 61.1. The summed E-state index contributed by atoms with van der Waals surface area (Å²) >= 11 is 0. The summed E-state index contributed by atoms with van der Waals surface area (Å²) in [5.41, 5.74) is 0. The lowest BCUT2D eigenvalue weighted by Crippen LogP contribution is -2.33. The monoisotopic (exact) mass is 102 g/mol. The van der Waals surface area contributed by atoms with Crippen molar-refractivity contribution in [3.8, 4) is 0 Å². The van der Waals surface area contributed by atoms with Crippen LogP contribution in [-0.4, -0.2) is 22.9 Å². The lowest BCUT2D eigenvalue weighted by Gasteiger charge is -2.30. The molecular formula is C5H10O2. The molecule has 0 spiro atoms. The fourth-order valence-electron chi connectivity index (χ4n) is 0.764. The Labute approximate surface area is 42.8 Å². The van der Waals surface area contributed by atoms with Gasteiger partial charge in [0.2, 0.25) is 0 Å². The quantitative estimate of drug-likeness (QED) is 0.479. The van der Waals surface area contributed by atoms with E-state index in [0.29, 0.717) is 0 Å². The molecule has 42 valence electrons. The minimum absolute atomic E-state index is 0.154. The number of aliphatic hydroxyl groups is 2. The molecule has 0 aromatic rings. The molecule has 0 aromatic heterocycles. The fraction of sp³-hybridized carbons (Fsp3) is 1.00. The molecule has 2 nitrogen and oxygen atoms in total. The van der Waals surface area contributed by atoms with Crippen LogP contribution >= 0.6 is 0 Å². The third kappa shape index (κ3) is 0.763. The highest BCUT2D eigenvalue weighted by Gasteiger charge is 2.27. The van der Waals surface area contributed by atoms with Crippen molar-refractivity contribution in [3.05, 3.63) is 0 Å². The first-order valence-electron chi connectivity index (χ1n) is 2.63. The van der Waals surface area contributed by atoms with Gasteiger partial charge in [-0.2, -0.15) is 0 Å². The normalized spacial score (nSPS) is 40.3. The van der Waals surface area contributed by atoms with Crippen molar-refractivity contribution in [2.45, 2.75) is 18.9 Å². The Balaban J connectivity index is 2.16. The summed E-state index contributed by atoms with van der Waals surface area (Å²) in [6.07, 6.45) is 1.67. The van der Waals surface area contributed by atoms with Crippen LogP contribution in [0.1, 0.15) is 12.8 Å². The number of hydrogen-bond donors (Lipinski definition) is 2. The van der Waals surface area contributed by atoms with Gasteiger partial charge in [0.25, 0.3) is 0 Å². The third-order valence-electron chi connectivity index (χ3n) is 1.61. The summed E-state index contributed by atoms with van der Waals surface area (Å²) in [6, 6.07) is 0. The standard InChI is InChI=1S/C5H10O2/c6-3-4-1-2-5(4)7/h4-7H,1-3H2/t4-,5+/m0/s1. The van der Waals surface area contributed by atoms with E-state index in [-0.39, 0.29) is 18.6 Å². The van der Waals surface area contributed by atoms with E-state index in [1.807, 2.05) is 0 Å². The zero-order valence-electron chi connectivity index (χ0n) is 4.17. The smallest absolute Gasteiger partial charge is 0.0590 e. The first-order chi connectivity index (χ1) is 3.34. The maximum Gasteiger partial charge on any atom is 0.0590 e. The molecule has 0 heterocycles. The molecular weight excluding hydrogens is 92.1 g/mol. The molecule has 1 saturated carbocycles. The van der Waals surface area contributed by atoms with Gasteiger partial charge in [-0.25, -0.2) is 0 Å². The highest BCUT2D eigenvalue weighted by Crippen LogP contribution is 2.25. The van der Waals surface area contributed by atoms with Crippen LogP contribution in [0.4, 0.5) is 0 Å². The van der Waals surface area contributed by atoms with Crippen molar-refractivity contribution in [2.75, 3.05) is 6.61 Å². The van der Waals surface area contributed by atoms with Crippen molar-refractivity contribution in [2.24, 2.45) is 5.92 Å². The molecule has 2 atom stereocenters. The van der Waals surface area contributed by atoms with Gasteiger partial charge >= 0.3 is 0 Å². The average Bonchev–Trinajstić information content (AvgIpc) is 1.65. The zero-order chi connectivity index (χ0) is 5.28. The maximum atomic E-state index is 8.75. The van der Waals surface area contributed by atoms with Crippen molar-refractivity contribution >= 4 is 0 Å². The summed E-state index contributed by atoms with van der Waals surface area (Å²) in [7, 11) is 0. The van der Waals surface area contributed by atoms with Crippen LogP contribution in [0, 0.1) is 5.92 Å². The van der Waals surface area contributed by atoms with Gasteiger partial charge in [0.1, 0.15) is 0 Å². The summed E-state index contributed by atoms with van der Waals surface area (Å²) in [6.45, 7) is 0.154. The first-order valence-corrected chi connectivity index (χ1v) is 2.63. The van der Waals surface area contributed by atoms with E-state index in [1.165, 1.54) is 0 Å². The number of aliphatic hydroxyl groups excluding tert-OH is 2. The molecule has 1 rings (SSSR count). The summed E-state index contributed by atoms with van der Waals surface area (Å²) in [5.74, 6) is 0.194. The topological polar surface area (TPSA) is 40.5 Å². The molecule has 0 aromatic carbocycles. The van der Waals surface area contributed by atoms with Crippen molar-refractivity contribution in [1.82, 2.24) is 0 Å². The van der Waals surface area contributed by atoms with Crippen LogP contribution in [0.15, 0.2) is 0 Å². The van der Waals surface area contributed by atoms with E-state index < -0.39 is 0 Å². The van der Waals surface area contributed by atoms with Gasteiger partial charge in [-0.05, 0) is 12.8 Å². The predicted octanol–water partition coefficient (Wildman–Crippen LogP) is -0.250. The molecule has 0 saturated heterocycles. The minimum atomic E-state index is -0.204. The fourth-order valence-corrected chi connectivity index (χ4v) is 0.764. The first kappa shape index (κ1) is 5.06. The third-order valence-corrected chi connectivity index (χ3v) is 1.61. The number of rotatable bonds is 1. The second-order valence-electron chi connectivity index (χ2n) is 2.09. The summed E-state index contributed by atoms with van der Waals surface area (Å²) in [5, 5.41) is 17.1. The largest absolute Gasteiger partial charge is 0.396 e. The lowest BCUT2D eigenvalue weighted by atomic mass is 9.83. The summed E-state index contributed by atoms with van der Waals surface area (Å²) < 4.78 is 0. The van der Waals surface area contributed by atoms with Gasteiger partial charge in [0.15, 0.2) is 0 Å². The average molecular weight is 102 g/mol. The Morgan fingerprint density at radius 2 is 2.14 bits per heavy atom. The van der Waals surface area contributed by atoms with Crippen LogP contribution < -0.4 is 0 Å². The lowest BCUT2D eigenvalue weighted by molar-refractivity contribution is -0.00713. The van der Waals surface area contributed by atoms with E-state index in [0.717, 1.165) is 12.8 Å². The molecule has 2 heteroatoms. The molecule has 0 amide bonds. The second-order valence-corrected chi connectivity index (χ2v) is 2.09. The van der Waals surface area contributed by atoms with Gasteiger partial charge in [0, 0.05) is 12.5 Å². The molecule has 0 unspecified atom stereocenters. The van der Waals surface area contributed by atoms with Crippen LogP contribution in [-0.2, 0) is 0 Å². The van der Waals surface area contributed by atoms with Gasteiger partial charge < -0.3 is 10.2 Å². The van der Waals surface area contributed by atoms with Crippen molar-refractivity contribution in [3.63, 3.8) is 0 Å². The Kier molecular flexibility index (Phi) is 1.30. The highest BCUT2D eigenvalue weighted by atomic mass is 16.3. The molecule has 0 radical (unpaired) electrons. The Hall–Kier alpha value is -0.0800. The Morgan fingerprint density at radius 1 is 1.43 bits per heavy atom. The van der Waals surface area contributed by atoms with E-state index >= 15 is 0 Å². The number of hydrogen-bond acceptors (Lipinski definition) is 2. The molecule has 1 fully saturated rings. The van der Waals surface area contributed by atoms with E-state index in [2.05, 4.69) is 0 Å². The molecule has 1 aliphatic rings. The van der Waals surface area contributed by atoms with Gasteiger partial charge in [-0.1, -0.05) is 0 Å². The zero-order valence-corrected chi connectivity index (χ0v) is 4.17. The van der Waals surface area contributed by atoms with Crippen molar-refractivity contribution in [1.29, 1.82) is 0 Å². The van der Waals surface area contributed by atoms with Gasteiger partial charge in [-0.3, -0.25) is 0 Å². The van der Waals surface area contributed by atoms with E-state index in [1.54, 1.807) is 0 Å². The minimum Gasteiger partial charge on any atom is -0.396 e. The SMILES string of the molecule is OC[C@@H]1CC[C@H]1O. The second kappa shape index (κ2) is 1.80. The van der Waals surface area contributed by atoms with E-state index in [9.17, 15) is 0 Å². The molecule has 2 N–H and O–H groups in total. The van der Waals surface area contributed by atoms with Crippen LogP contribution in [0.3, 0.4) is 0 Å². The molecule has 0 bridgehead atoms. The van der Waals surface area contributed by atoms with Gasteiger partial charge in [-0.15, -0.1) is 0 Å².